The molecule has 1 saturated carbocycles. The lowest BCUT2D eigenvalue weighted by molar-refractivity contribution is 0.520. The zero-order valence-electron chi connectivity index (χ0n) is 9.02. The van der Waals surface area contributed by atoms with Crippen molar-refractivity contribution < 1.29 is 0 Å². The topological polar surface area (TPSA) is 37.8 Å². The Labute approximate surface area is 95.1 Å². The van der Waals surface area contributed by atoms with Gasteiger partial charge in [-0.25, -0.2) is 9.97 Å². The van der Waals surface area contributed by atoms with Gasteiger partial charge in [-0.05, 0) is 31.6 Å². The molecule has 0 bridgehead atoms. The van der Waals surface area contributed by atoms with Crippen LogP contribution in [0.5, 0.6) is 0 Å². The standard InChI is InChI=1S/C11H17N3S/c1-15-11-3-2-9(6-11)13-7-10-4-5-12-8-14-10/h4-5,8-9,11,13H,2-3,6-7H2,1H3. The van der Waals surface area contributed by atoms with Crippen molar-refractivity contribution in [1.29, 1.82) is 0 Å². The second kappa shape index (κ2) is 5.47. The number of rotatable bonds is 4. The van der Waals surface area contributed by atoms with Crippen molar-refractivity contribution in [3.8, 4) is 0 Å². The summed E-state index contributed by atoms with van der Waals surface area (Å²) in [5, 5.41) is 4.41. The minimum absolute atomic E-state index is 0.678. The van der Waals surface area contributed by atoms with E-state index in [2.05, 4.69) is 21.5 Å². The van der Waals surface area contributed by atoms with Crippen LogP contribution in [0, 0.1) is 0 Å². The van der Waals surface area contributed by atoms with Gasteiger partial charge >= 0.3 is 0 Å². The van der Waals surface area contributed by atoms with Crippen LogP contribution >= 0.6 is 11.8 Å². The first-order valence-electron chi connectivity index (χ1n) is 5.39. The minimum atomic E-state index is 0.678. The number of hydrogen-bond donors (Lipinski definition) is 1. The molecule has 1 heterocycles. The molecule has 15 heavy (non-hydrogen) atoms. The third-order valence-electron chi connectivity index (χ3n) is 2.93. The predicted molar refractivity (Wildman–Crippen MR) is 63.8 cm³/mol. The van der Waals surface area contributed by atoms with E-state index >= 15 is 0 Å². The van der Waals surface area contributed by atoms with E-state index in [1.807, 2.05) is 17.8 Å². The van der Waals surface area contributed by atoms with Crippen LogP contribution in [-0.2, 0) is 6.54 Å². The third kappa shape index (κ3) is 3.18. The summed E-state index contributed by atoms with van der Waals surface area (Å²) in [6, 6.07) is 2.64. The van der Waals surface area contributed by atoms with Crippen LogP contribution in [0.4, 0.5) is 0 Å². The van der Waals surface area contributed by atoms with Crippen LogP contribution in [0.25, 0.3) is 0 Å². The molecule has 0 aliphatic heterocycles. The lowest BCUT2D eigenvalue weighted by atomic mass is 10.2. The van der Waals surface area contributed by atoms with Crippen molar-refractivity contribution in [2.75, 3.05) is 6.26 Å². The van der Waals surface area contributed by atoms with Gasteiger partial charge in [0.2, 0.25) is 0 Å². The van der Waals surface area contributed by atoms with Crippen LogP contribution in [-0.4, -0.2) is 27.5 Å². The van der Waals surface area contributed by atoms with Crippen molar-refractivity contribution in [3.05, 3.63) is 24.3 Å². The molecule has 2 atom stereocenters. The van der Waals surface area contributed by atoms with Gasteiger partial charge < -0.3 is 5.32 Å². The second-order valence-corrected chi connectivity index (χ2v) is 5.09. The zero-order valence-corrected chi connectivity index (χ0v) is 9.83. The van der Waals surface area contributed by atoms with Crippen LogP contribution in [0.3, 0.4) is 0 Å². The zero-order chi connectivity index (χ0) is 10.5. The summed E-state index contributed by atoms with van der Waals surface area (Å²) in [4.78, 5) is 8.11. The van der Waals surface area contributed by atoms with E-state index in [4.69, 9.17) is 0 Å². The molecule has 1 aliphatic rings. The Balaban J connectivity index is 1.75. The van der Waals surface area contributed by atoms with E-state index < -0.39 is 0 Å². The van der Waals surface area contributed by atoms with Crippen molar-refractivity contribution in [1.82, 2.24) is 15.3 Å². The summed E-state index contributed by atoms with van der Waals surface area (Å²) in [5.74, 6) is 0. The highest BCUT2D eigenvalue weighted by molar-refractivity contribution is 7.99. The quantitative estimate of drug-likeness (QED) is 0.845. The van der Waals surface area contributed by atoms with Gasteiger partial charge in [0.15, 0.2) is 0 Å². The summed E-state index contributed by atoms with van der Waals surface area (Å²) >= 11 is 1.99. The van der Waals surface area contributed by atoms with E-state index in [9.17, 15) is 0 Å². The summed E-state index contributed by atoms with van der Waals surface area (Å²) < 4.78 is 0. The second-order valence-electron chi connectivity index (χ2n) is 3.95. The average molecular weight is 223 g/mol. The molecule has 1 aromatic rings. The third-order valence-corrected chi connectivity index (χ3v) is 4.03. The molecule has 2 rings (SSSR count). The first kappa shape index (κ1) is 10.9. The molecule has 0 saturated heterocycles. The smallest absolute Gasteiger partial charge is 0.115 e. The van der Waals surface area contributed by atoms with Gasteiger partial charge in [-0.3, -0.25) is 0 Å². The Hall–Kier alpha value is -0.610. The Kier molecular flexibility index (Phi) is 3.97. The van der Waals surface area contributed by atoms with Gasteiger partial charge in [0, 0.05) is 24.0 Å². The molecule has 82 valence electrons. The summed E-state index contributed by atoms with van der Waals surface area (Å²) in [6.07, 6.45) is 9.56. The predicted octanol–water partition coefficient (Wildman–Crippen LogP) is 1.85. The molecule has 3 nitrogen and oxygen atoms in total. The molecule has 1 aromatic heterocycles. The van der Waals surface area contributed by atoms with Crippen LogP contribution in [0.2, 0.25) is 0 Å². The molecule has 1 N–H and O–H groups in total. The van der Waals surface area contributed by atoms with E-state index in [-0.39, 0.29) is 0 Å². The Morgan fingerprint density at radius 1 is 1.53 bits per heavy atom. The molecular formula is C11H17N3S. The van der Waals surface area contributed by atoms with Gasteiger partial charge in [-0.2, -0.15) is 11.8 Å². The van der Waals surface area contributed by atoms with Gasteiger partial charge in [-0.15, -0.1) is 0 Å². The van der Waals surface area contributed by atoms with Crippen molar-refractivity contribution in [2.45, 2.75) is 37.1 Å². The minimum Gasteiger partial charge on any atom is -0.308 e. The lowest BCUT2D eigenvalue weighted by Gasteiger charge is -2.11. The van der Waals surface area contributed by atoms with E-state index in [0.717, 1.165) is 17.5 Å². The number of thioether (sulfide) groups is 1. The number of hydrogen-bond acceptors (Lipinski definition) is 4. The molecule has 4 heteroatoms. The molecule has 1 aliphatic carbocycles. The number of aromatic nitrogens is 2. The van der Waals surface area contributed by atoms with Gasteiger partial charge in [0.05, 0.1) is 5.69 Å². The van der Waals surface area contributed by atoms with Crippen LogP contribution in [0.1, 0.15) is 25.0 Å². The van der Waals surface area contributed by atoms with Crippen molar-refractivity contribution in [2.24, 2.45) is 0 Å². The lowest BCUT2D eigenvalue weighted by Crippen LogP contribution is -2.26. The molecular weight excluding hydrogens is 206 g/mol. The Morgan fingerprint density at radius 3 is 3.13 bits per heavy atom. The first-order chi connectivity index (χ1) is 7.38. The molecule has 2 unspecified atom stereocenters. The molecule has 0 spiro atoms. The first-order valence-corrected chi connectivity index (χ1v) is 6.68. The van der Waals surface area contributed by atoms with Gasteiger partial charge in [-0.1, -0.05) is 0 Å². The maximum atomic E-state index is 4.20. The fourth-order valence-electron chi connectivity index (χ4n) is 2.01. The van der Waals surface area contributed by atoms with Crippen molar-refractivity contribution in [3.63, 3.8) is 0 Å². The van der Waals surface area contributed by atoms with E-state index in [0.29, 0.717) is 6.04 Å². The maximum absolute atomic E-state index is 4.20. The van der Waals surface area contributed by atoms with E-state index in [1.54, 1.807) is 12.5 Å². The highest BCUT2D eigenvalue weighted by Crippen LogP contribution is 2.28. The summed E-state index contributed by atoms with van der Waals surface area (Å²) in [5.41, 5.74) is 1.08. The molecule has 1 fully saturated rings. The van der Waals surface area contributed by atoms with E-state index in [1.165, 1.54) is 19.3 Å². The summed E-state index contributed by atoms with van der Waals surface area (Å²) in [7, 11) is 0. The molecule has 0 amide bonds. The average Bonchev–Trinajstić information content (AvgIpc) is 2.76. The normalized spacial score (nSPS) is 25.7. The maximum Gasteiger partial charge on any atom is 0.115 e. The summed E-state index contributed by atoms with van der Waals surface area (Å²) in [6.45, 7) is 0.869. The van der Waals surface area contributed by atoms with Crippen molar-refractivity contribution >= 4 is 11.8 Å². The fraction of sp³-hybridized carbons (Fsp3) is 0.636. The number of nitrogens with one attached hydrogen (secondary N) is 1. The highest BCUT2D eigenvalue weighted by atomic mass is 32.2. The SMILES string of the molecule is CSC1CCC(NCc2ccncn2)C1. The molecule has 0 aromatic carbocycles. The largest absolute Gasteiger partial charge is 0.308 e. The Bertz CT molecular complexity index is 291. The molecule has 0 radical (unpaired) electrons. The number of nitrogens with zero attached hydrogens (tertiary/aromatic N) is 2. The fourth-order valence-corrected chi connectivity index (χ4v) is 2.81. The Morgan fingerprint density at radius 2 is 2.47 bits per heavy atom. The van der Waals surface area contributed by atoms with Gasteiger partial charge in [0.25, 0.3) is 0 Å². The monoisotopic (exact) mass is 223 g/mol. The van der Waals surface area contributed by atoms with Crippen LogP contribution < -0.4 is 5.32 Å². The van der Waals surface area contributed by atoms with Crippen LogP contribution in [0.15, 0.2) is 18.6 Å². The highest BCUT2D eigenvalue weighted by Gasteiger charge is 2.23. The van der Waals surface area contributed by atoms with Gasteiger partial charge in [0.1, 0.15) is 6.33 Å².